The van der Waals surface area contributed by atoms with Crippen LogP contribution in [0.25, 0.3) is 0 Å². The van der Waals surface area contributed by atoms with Crippen molar-refractivity contribution in [3.05, 3.63) is 35.4 Å². The second-order valence-corrected chi connectivity index (χ2v) is 7.67. The van der Waals surface area contributed by atoms with Gasteiger partial charge >= 0.3 is 0 Å². The van der Waals surface area contributed by atoms with E-state index < -0.39 is 0 Å². The van der Waals surface area contributed by atoms with Crippen LogP contribution in [0.4, 0.5) is 0 Å². The molecule has 0 aliphatic carbocycles. The molecule has 0 radical (unpaired) electrons. The third kappa shape index (κ3) is 5.30. The normalized spacial score (nSPS) is 21.6. The molecule has 0 saturated carbocycles. The molecule has 2 heterocycles. The first-order valence-corrected chi connectivity index (χ1v) is 9.90. The molecule has 2 saturated heterocycles. The molecule has 1 atom stereocenters. The molecule has 27 heavy (non-hydrogen) atoms. The summed E-state index contributed by atoms with van der Waals surface area (Å²) in [6, 6.07) is 8.66. The minimum Gasteiger partial charge on any atom is -0.383 e. The van der Waals surface area contributed by atoms with Crippen LogP contribution in [-0.2, 0) is 20.9 Å². The van der Waals surface area contributed by atoms with Gasteiger partial charge in [-0.3, -0.25) is 14.5 Å². The summed E-state index contributed by atoms with van der Waals surface area (Å²) >= 11 is 0. The lowest BCUT2D eigenvalue weighted by atomic mass is 10.1. The second-order valence-electron chi connectivity index (χ2n) is 7.67. The zero-order chi connectivity index (χ0) is 19.2. The number of hydrogen-bond acceptors (Lipinski definition) is 4. The molecule has 6 nitrogen and oxygen atoms in total. The van der Waals surface area contributed by atoms with E-state index in [2.05, 4.69) is 36.1 Å². The Labute approximate surface area is 162 Å². The summed E-state index contributed by atoms with van der Waals surface area (Å²) in [4.78, 5) is 31.2. The topological polar surface area (TPSA) is 53.1 Å². The Morgan fingerprint density at radius 1 is 1.15 bits per heavy atom. The number of likely N-dealkylation sites (tertiary alicyclic amines) is 1. The number of carbonyl (C=O) groups excluding carboxylic acids is 2. The Kier molecular flexibility index (Phi) is 6.85. The molecule has 2 fully saturated rings. The number of carbonyl (C=O) groups is 2. The van der Waals surface area contributed by atoms with Crippen LogP contribution in [0.1, 0.15) is 24.0 Å². The van der Waals surface area contributed by atoms with Gasteiger partial charge in [0.2, 0.25) is 11.8 Å². The maximum Gasteiger partial charge on any atom is 0.228 e. The van der Waals surface area contributed by atoms with Gasteiger partial charge in [0.05, 0.1) is 12.5 Å². The van der Waals surface area contributed by atoms with E-state index in [1.54, 1.807) is 12.0 Å². The zero-order valence-electron chi connectivity index (χ0n) is 16.5. The summed E-state index contributed by atoms with van der Waals surface area (Å²) < 4.78 is 5.05. The number of benzene rings is 1. The monoisotopic (exact) mass is 373 g/mol. The first-order chi connectivity index (χ1) is 13.1. The van der Waals surface area contributed by atoms with Crippen LogP contribution in [0, 0.1) is 12.8 Å². The Bertz CT molecular complexity index is 647. The van der Waals surface area contributed by atoms with E-state index in [0.717, 1.165) is 39.1 Å². The minimum absolute atomic E-state index is 0.0706. The molecule has 1 aromatic rings. The van der Waals surface area contributed by atoms with E-state index in [1.165, 1.54) is 11.1 Å². The van der Waals surface area contributed by atoms with E-state index in [4.69, 9.17) is 4.74 Å². The van der Waals surface area contributed by atoms with Gasteiger partial charge in [-0.1, -0.05) is 29.8 Å². The number of amides is 2. The lowest BCUT2D eigenvalue weighted by molar-refractivity contribution is -0.135. The molecule has 2 aliphatic heterocycles. The molecule has 0 spiro atoms. The minimum atomic E-state index is -0.196. The fourth-order valence-corrected chi connectivity index (χ4v) is 3.91. The molecule has 0 aromatic heterocycles. The lowest BCUT2D eigenvalue weighted by Crippen LogP contribution is -2.40. The third-order valence-corrected chi connectivity index (χ3v) is 5.56. The second kappa shape index (κ2) is 9.33. The van der Waals surface area contributed by atoms with Gasteiger partial charge in [0.25, 0.3) is 0 Å². The van der Waals surface area contributed by atoms with E-state index >= 15 is 0 Å². The van der Waals surface area contributed by atoms with Crippen molar-refractivity contribution in [3.8, 4) is 0 Å². The van der Waals surface area contributed by atoms with Crippen LogP contribution in [0.3, 0.4) is 0 Å². The van der Waals surface area contributed by atoms with E-state index in [-0.39, 0.29) is 17.7 Å². The zero-order valence-corrected chi connectivity index (χ0v) is 16.5. The summed E-state index contributed by atoms with van der Waals surface area (Å²) in [5.41, 5.74) is 2.59. The van der Waals surface area contributed by atoms with Crippen molar-refractivity contribution < 1.29 is 14.3 Å². The van der Waals surface area contributed by atoms with Crippen molar-refractivity contribution in [2.24, 2.45) is 5.92 Å². The van der Waals surface area contributed by atoms with Crippen LogP contribution in [0.2, 0.25) is 0 Å². The van der Waals surface area contributed by atoms with E-state index in [1.807, 2.05) is 4.90 Å². The van der Waals surface area contributed by atoms with Crippen molar-refractivity contribution in [1.82, 2.24) is 14.7 Å². The largest absolute Gasteiger partial charge is 0.383 e. The van der Waals surface area contributed by atoms with Gasteiger partial charge in [0.1, 0.15) is 0 Å². The molecular weight excluding hydrogens is 342 g/mol. The van der Waals surface area contributed by atoms with Crippen LogP contribution < -0.4 is 0 Å². The highest BCUT2D eigenvalue weighted by molar-refractivity contribution is 5.89. The number of rotatable bonds is 6. The molecule has 2 amide bonds. The van der Waals surface area contributed by atoms with Crippen LogP contribution in [-0.4, -0.2) is 79.5 Å². The summed E-state index contributed by atoms with van der Waals surface area (Å²) in [7, 11) is 1.63. The van der Waals surface area contributed by atoms with Gasteiger partial charge in [-0.2, -0.15) is 0 Å². The van der Waals surface area contributed by atoms with Crippen LogP contribution in [0.15, 0.2) is 24.3 Å². The van der Waals surface area contributed by atoms with Crippen LogP contribution >= 0.6 is 0 Å². The van der Waals surface area contributed by atoms with Crippen molar-refractivity contribution in [2.75, 3.05) is 53.0 Å². The van der Waals surface area contributed by atoms with Crippen molar-refractivity contribution >= 4 is 11.8 Å². The molecule has 1 unspecified atom stereocenters. The number of hydrogen-bond donors (Lipinski definition) is 0. The van der Waals surface area contributed by atoms with Crippen molar-refractivity contribution in [3.63, 3.8) is 0 Å². The number of ether oxygens (including phenoxy) is 1. The predicted octanol–water partition coefficient (Wildman–Crippen LogP) is 1.52. The summed E-state index contributed by atoms with van der Waals surface area (Å²) in [5.74, 6) is 0.0136. The highest BCUT2D eigenvalue weighted by Crippen LogP contribution is 2.21. The SMILES string of the molecule is COCCN1CC(C(=O)N2CCCN(Cc3ccc(C)cc3)CC2)CC1=O. The molecule has 0 N–H and O–H groups in total. The highest BCUT2D eigenvalue weighted by atomic mass is 16.5. The van der Waals surface area contributed by atoms with Gasteiger partial charge in [0, 0.05) is 59.3 Å². The van der Waals surface area contributed by atoms with Gasteiger partial charge in [0.15, 0.2) is 0 Å². The molecular formula is C21H31N3O3. The Balaban J connectivity index is 1.51. The number of nitrogens with zero attached hydrogens (tertiary/aromatic N) is 3. The summed E-state index contributed by atoms with van der Waals surface area (Å²) in [5, 5.41) is 0. The molecule has 0 bridgehead atoms. The maximum absolute atomic E-state index is 12.9. The third-order valence-electron chi connectivity index (χ3n) is 5.56. The average Bonchev–Trinajstić information content (AvgIpc) is 2.88. The lowest BCUT2D eigenvalue weighted by Gasteiger charge is -2.24. The number of aryl methyl sites for hydroxylation is 1. The Hall–Kier alpha value is -1.92. The Morgan fingerprint density at radius 3 is 2.67 bits per heavy atom. The van der Waals surface area contributed by atoms with Gasteiger partial charge in [-0.05, 0) is 18.9 Å². The molecule has 1 aromatic carbocycles. The smallest absolute Gasteiger partial charge is 0.228 e. The number of methoxy groups -OCH3 is 1. The molecule has 2 aliphatic rings. The molecule has 148 valence electrons. The van der Waals surface area contributed by atoms with Crippen molar-refractivity contribution in [1.29, 1.82) is 0 Å². The fourth-order valence-electron chi connectivity index (χ4n) is 3.91. The van der Waals surface area contributed by atoms with Gasteiger partial charge < -0.3 is 14.5 Å². The Morgan fingerprint density at radius 2 is 1.93 bits per heavy atom. The van der Waals surface area contributed by atoms with Gasteiger partial charge in [-0.25, -0.2) is 0 Å². The van der Waals surface area contributed by atoms with Crippen molar-refractivity contribution in [2.45, 2.75) is 26.3 Å². The standard InChI is InChI=1S/C21H31N3O3/c1-17-4-6-18(7-5-17)15-22-8-3-9-23(11-10-22)21(26)19-14-20(25)24(16-19)12-13-27-2/h4-7,19H,3,8-16H2,1-2H3. The maximum atomic E-state index is 12.9. The summed E-state index contributed by atoms with van der Waals surface area (Å²) in [6.07, 6.45) is 1.32. The van der Waals surface area contributed by atoms with Gasteiger partial charge in [-0.15, -0.1) is 0 Å². The highest BCUT2D eigenvalue weighted by Gasteiger charge is 2.36. The molecule has 3 rings (SSSR count). The molecule has 6 heteroatoms. The first kappa shape index (κ1) is 19.8. The fraction of sp³-hybridized carbons (Fsp3) is 0.619. The van der Waals surface area contributed by atoms with E-state index in [0.29, 0.717) is 26.1 Å². The average molecular weight is 373 g/mol. The predicted molar refractivity (Wildman–Crippen MR) is 104 cm³/mol. The summed E-state index contributed by atoms with van der Waals surface area (Å²) in [6.45, 7) is 8.06. The van der Waals surface area contributed by atoms with Crippen LogP contribution in [0.5, 0.6) is 0 Å². The quantitative estimate of drug-likeness (QED) is 0.759. The van der Waals surface area contributed by atoms with E-state index in [9.17, 15) is 9.59 Å². The first-order valence-electron chi connectivity index (χ1n) is 9.90.